The molecule has 0 spiro atoms. The molecule has 0 saturated carbocycles. The Morgan fingerprint density at radius 1 is 1.39 bits per heavy atom. The third-order valence-electron chi connectivity index (χ3n) is 2.49. The maximum atomic E-state index is 11.6. The van der Waals surface area contributed by atoms with Crippen LogP contribution >= 0.6 is 0 Å². The van der Waals surface area contributed by atoms with Crippen LogP contribution < -0.4 is 11.1 Å². The van der Waals surface area contributed by atoms with E-state index in [4.69, 9.17) is 5.73 Å². The number of hydrogen-bond donors (Lipinski definition) is 2. The van der Waals surface area contributed by atoms with Gasteiger partial charge in [0.1, 0.15) is 0 Å². The van der Waals surface area contributed by atoms with Crippen LogP contribution in [0.3, 0.4) is 0 Å². The molecule has 18 heavy (non-hydrogen) atoms. The van der Waals surface area contributed by atoms with E-state index in [9.17, 15) is 13.2 Å². The molecule has 3 N–H and O–H groups in total. The van der Waals surface area contributed by atoms with Crippen molar-refractivity contribution in [1.29, 1.82) is 0 Å². The summed E-state index contributed by atoms with van der Waals surface area (Å²) in [6.07, 6.45) is 0.206. The minimum atomic E-state index is -3.03. The van der Waals surface area contributed by atoms with Crippen molar-refractivity contribution in [3.05, 3.63) is 29.8 Å². The van der Waals surface area contributed by atoms with Gasteiger partial charge in [-0.1, -0.05) is 19.1 Å². The second-order valence-electron chi connectivity index (χ2n) is 4.01. The van der Waals surface area contributed by atoms with Crippen molar-refractivity contribution in [3.63, 3.8) is 0 Å². The molecule has 0 unspecified atom stereocenters. The molecular formula is C12H18N2O3S. The Balaban J connectivity index is 2.39. The third-order valence-corrected chi connectivity index (χ3v) is 4.20. The molecule has 0 aliphatic heterocycles. The number of nitrogen functional groups attached to an aromatic ring is 1. The smallest absolute Gasteiger partial charge is 0.224 e. The van der Waals surface area contributed by atoms with E-state index < -0.39 is 9.84 Å². The molecule has 1 amide bonds. The van der Waals surface area contributed by atoms with E-state index in [-0.39, 0.29) is 30.4 Å². The van der Waals surface area contributed by atoms with Gasteiger partial charge in [-0.3, -0.25) is 4.79 Å². The average Bonchev–Trinajstić information content (AvgIpc) is 2.28. The van der Waals surface area contributed by atoms with Crippen LogP contribution in [0.2, 0.25) is 0 Å². The summed E-state index contributed by atoms with van der Waals surface area (Å²) in [6, 6.07) is 7.05. The van der Waals surface area contributed by atoms with Gasteiger partial charge in [0.2, 0.25) is 5.91 Å². The van der Waals surface area contributed by atoms with E-state index in [1.165, 1.54) is 0 Å². The van der Waals surface area contributed by atoms with Gasteiger partial charge in [-0.25, -0.2) is 8.42 Å². The summed E-state index contributed by atoms with van der Waals surface area (Å²) in [5.41, 5.74) is 7.01. The Bertz CT molecular complexity index is 512. The molecule has 0 heterocycles. The Labute approximate surface area is 107 Å². The highest BCUT2D eigenvalue weighted by atomic mass is 32.2. The van der Waals surface area contributed by atoms with Crippen molar-refractivity contribution in [1.82, 2.24) is 5.32 Å². The number of amides is 1. The molecule has 1 rings (SSSR count). The molecule has 1 aromatic carbocycles. The first kappa shape index (κ1) is 14.5. The molecule has 0 bridgehead atoms. The first-order valence-corrected chi connectivity index (χ1v) is 7.56. The normalized spacial score (nSPS) is 11.2. The van der Waals surface area contributed by atoms with Gasteiger partial charge in [0.05, 0.1) is 12.2 Å². The average molecular weight is 270 g/mol. The fourth-order valence-electron chi connectivity index (χ4n) is 1.44. The monoisotopic (exact) mass is 270 g/mol. The zero-order valence-electron chi connectivity index (χ0n) is 10.3. The van der Waals surface area contributed by atoms with Crippen molar-refractivity contribution in [3.8, 4) is 0 Å². The highest BCUT2D eigenvalue weighted by Gasteiger charge is 2.08. The van der Waals surface area contributed by atoms with Gasteiger partial charge in [-0.2, -0.15) is 0 Å². The Morgan fingerprint density at radius 2 is 2.11 bits per heavy atom. The summed E-state index contributed by atoms with van der Waals surface area (Å²) in [4.78, 5) is 11.6. The molecule has 6 heteroatoms. The molecule has 5 nitrogen and oxygen atoms in total. The number of rotatable bonds is 6. The molecular weight excluding hydrogens is 252 g/mol. The minimum Gasteiger partial charge on any atom is -0.399 e. The molecule has 0 saturated heterocycles. The van der Waals surface area contributed by atoms with Crippen LogP contribution in [-0.4, -0.2) is 32.4 Å². The van der Waals surface area contributed by atoms with E-state index in [1.54, 1.807) is 31.2 Å². The van der Waals surface area contributed by atoms with E-state index in [0.717, 1.165) is 5.56 Å². The van der Waals surface area contributed by atoms with Crippen molar-refractivity contribution in [2.45, 2.75) is 13.3 Å². The zero-order chi connectivity index (χ0) is 13.6. The first-order chi connectivity index (χ1) is 8.43. The number of nitrogens with one attached hydrogen (secondary N) is 1. The Kier molecular flexibility index (Phi) is 5.15. The number of nitrogens with two attached hydrogens (primary N) is 1. The summed E-state index contributed by atoms with van der Waals surface area (Å²) in [5, 5.41) is 2.58. The molecule has 100 valence electrons. The quantitative estimate of drug-likeness (QED) is 0.730. The van der Waals surface area contributed by atoms with Gasteiger partial charge in [-0.15, -0.1) is 0 Å². The van der Waals surface area contributed by atoms with Crippen LogP contribution in [0.15, 0.2) is 24.3 Å². The Hall–Kier alpha value is -1.56. The molecule has 0 fully saturated rings. The summed E-state index contributed by atoms with van der Waals surface area (Å²) in [5.74, 6) is -0.128. The zero-order valence-corrected chi connectivity index (χ0v) is 11.2. The Morgan fingerprint density at radius 3 is 2.72 bits per heavy atom. The fraction of sp³-hybridized carbons (Fsp3) is 0.417. The topological polar surface area (TPSA) is 89.3 Å². The van der Waals surface area contributed by atoms with E-state index in [0.29, 0.717) is 5.69 Å². The van der Waals surface area contributed by atoms with Gasteiger partial charge in [0.15, 0.2) is 9.84 Å². The fourth-order valence-corrected chi connectivity index (χ4v) is 2.14. The predicted molar refractivity (Wildman–Crippen MR) is 71.9 cm³/mol. The van der Waals surface area contributed by atoms with Gasteiger partial charge in [0.25, 0.3) is 0 Å². The molecule has 0 aliphatic rings. The highest BCUT2D eigenvalue weighted by Crippen LogP contribution is 2.06. The first-order valence-electron chi connectivity index (χ1n) is 5.74. The lowest BCUT2D eigenvalue weighted by Gasteiger charge is -2.05. The number of anilines is 1. The maximum absolute atomic E-state index is 11.6. The van der Waals surface area contributed by atoms with Crippen LogP contribution in [0, 0.1) is 0 Å². The summed E-state index contributed by atoms with van der Waals surface area (Å²) in [6.45, 7) is 1.74. The summed E-state index contributed by atoms with van der Waals surface area (Å²) >= 11 is 0. The van der Waals surface area contributed by atoms with E-state index >= 15 is 0 Å². The van der Waals surface area contributed by atoms with Gasteiger partial charge < -0.3 is 11.1 Å². The summed E-state index contributed by atoms with van der Waals surface area (Å²) in [7, 11) is -3.03. The lowest BCUT2D eigenvalue weighted by molar-refractivity contribution is -0.120. The third kappa shape index (κ3) is 5.18. The predicted octanol–water partition coefficient (Wildman–Crippen LogP) is 0.362. The van der Waals surface area contributed by atoms with Gasteiger partial charge in [0, 0.05) is 18.0 Å². The lowest BCUT2D eigenvalue weighted by Crippen LogP contribution is -2.30. The largest absolute Gasteiger partial charge is 0.399 e. The van der Waals surface area contributed by atoms with Crippen molar-refractivity contribution < 1.29 is 13.2 Å². The van der Waals surface area contributed by atoms with Crippen LogP contribution in [0.5, 0.6) is 0 Å². The molecule has 0 radical (unpaired) electrons. The van der Waals surface area contributed by atoms with Gasteiger partial charge in [-0.05, 0) is 17.7 Å². The number of sulfone groups is 1. The van der Waals surface area contributed by atoms with Crippen LogP contribution in [0.1, 0.15) is 12.5 Å². The molecule has 0 aliphatic carbocycles. The van der Waals surface area contributed by atoms with Crippen molar-refractivity contribution >= 4 is 21.4 Å². The minimum absolute atomic E-state index is 0.0217. The maximum Gasteiger partial charge on any atom is 0.224 e. The number of hydrogen-bond acceptors (Lipinski definition) is 4. The van der Waals surface area contributed by atoms with Crippen LogP contribution in [0.25, 0.3) is 0 Å². The van der Waals surface area contributed by atoms with Crippen LogP contribution in [0.4, 0.5) is 5.69 Å². The standard InChI is InChI=1S/C12H18N2O3S/c1-2-18(16,17)7-6-14-12(15)9-10-4-3-5-11(13)8-10/h3-5,8H,2,6-7,9,13H2,1H3,(H,14,15). The second-order valence-corrected chi connectivity index (χ2v) is 6.48. The number of benzene rings is 1. The number of carbonyl (C=O) groups is 1. The highest BCUT2D eigenvalue weighted by molar-refractivity contribution is 7.91. The summed E-state index contributed by atoms with van der Waals surface area (Å²) < 4.78 is 22.4. The van der Waals surface area contributed by atoms with Crippen molar-refractivity contribution in [2.75, 3.05) is 23.8 Å². The van der Waals surface area contributed by atoms with E-state index in [1.807, 2.05) is 0 Å². The van der Waals surface area contributed by atoms with Crippen LogP contribution in [-0.2, 0) is 21.1 Å². The molecule has 0 atom stereocenters. The van der Waals surface area contributed by atoms with Gasteiger partial charge >= 0.3 is 0 Å². The molecule has 1 aromatic rings. The lowest BCUT2D eigenvalue weighted by atomic mass is 10.1. The molecule has 0 aromatic heterocycles. The SMILES string of the molecule is CCS(=O)(=O)CCNC(=O)Cc1cccc(N)c1. The van der Waals surface area contributed by atoms with Crippen molar-refractivity contribution in [2.24, 2.45) is 0 Å². The van der Waals surface area contributed by atoms with E-state index in [2.05, 4.69) is 5.32 Å². The second kappa shape index (κ2) is 6.39. The number of carbonyl (C=O) groups excluding carboxylic acids is 1.